The predicted molar refractivity (Wildman–Crippen MR) is 305 cm³/mol. The molecule has 0 radical (unpaired) electrons. The molecule has 76 heavy (non-hydrogen) atoms. The second-order valence-electron chi connectivity index (χ2n) is 33.5. The molecule has 10 rings (SSSR count). The predicted octanol–water partition coefficient (Wildman–Crippen LogP) is 16.1. The summed E-state index contributed by atoms with van der Waals surface area (Å²) in [7, 11) is 0. The van der Waals surface area contributed by atoms with Gasteiger partial charge in [0.05, 0.1) is 12.8 Å². The smallest absolute Gasteiger partial charge is 0.303 e. The van der Waals surface area contributed by atoms with Gasteiger partial charge in [-0.3, -0.25) is 19.2 Å². The van der Waals surface area contributed by atoms with Gasteiger partial charge >= 0.3 is 11.9 Å². The van der Waals surface area contributed by atoms with Gasteiger partial charge in [-0.2, -0.15) is 0 Å². The maximum absolute atomic E-state index is 13.9. The largest absolute Gasteiger partial charge is 0.481 e. The van der Waals surface area contributed by atoms with Gasteiger partial charge in [-0.25, -0.2) is 0 Å². The molecule has 426 valence electrons. The van der Waals surface area contributed by atoms with Crippen LogP contribution in [0, 0.1) is 100 Å². The first-order valence-electron chi connectivity index (χ1n) is 31.6. The van der Waals surface area contributed by atoms with Gasteiger partial charge < -0.3 is 20.8 Å². The number of carboxylic acid groups (broad SMARTS) is 2. The Hall–Kier alpha value is -2.64. The molecule has 10 aliphatic rings. The lowest BCUT2D eigenvalue weighted by Gasteiger charge is -2.71. The molecule has 0 spiro atoms. The molecule has 8 heteroatoms. The number of unbranched alkanes of at least 4 members (excludes halogenated alkanes) is 1. The third kappa shape index (κ3) is 8.46. The quantitative estimate of drug-likeness (QED) is 0.120. The van der Waals surface area contributed by atoms with Crippen molar-refractivity contribution in [2.45, 2.75) is 276 Å². The van der Waals surface area contributed by atoms with E-state index < -0.39 is 11.9 Å². The first-order valence-corrected chi connectivity index (χ1v) is 31.6. The van der Waals surface area contributed by atoms with E-state index in [1.54, 1.807) is 11.1 Å². The summed E-state index contributed by atoms with van der Waals surface area (Å²) in [5, 5.41) is 27.6. The highest BCUT2D eigenvalue weighted by molar-refractivity contribution is 5.77. The molecule has 0 aromatic rings. The monoisotopic (exact) mass is 1050 g/mol. The lowest BCUT2D eigenvalue weighted by molar-refractivity contribution is -0.188. The number of carbonyl (C=O) groups excluding carboxylic acids is 2. The molecule has 0 aromatic heterocycles. The Balaban J connectivity index is 0.733. The molecule has 0 heterocycles. The second kappa shape index (κ2) is 18.4. The number of hydrogen-bond donors (Lipinski definition) is 4. The summed E-state index contributed by atoms with van der Waals surface area (Å²) in [5.41, 5.74) is 4.18. The van der Waals surface area contributed by atoms with Crippen molar-refractivity contribution < 1.29 is 29.4 Å². The number of carboxylic acids is 2. The number of nitrogens with one attached hydrogen (secondary N) is 2. The summed E-state index contributed by atoms with van der Waals surface area (Å²) in [6, 6.07) is 0.266. The molecule has 2 amide bonds. The van der Waals surface area contributed by atoms with E-state index in [4.69, 9.17) is 0 Å². The molecule has 10 aliphatic carbocycles. The Morgan fingerprint density at radius 2 is 0.816 bits per heavy atom. The van der Waals surface area contributed by atoms with Crippen molar-refractivity contribution >= 4 is 23.8 Å². The summed E-state index contributed by atoms with van der Waals surface area (Å²) in [4.78, 5) is 52.6. The molecule has 0 bridgehead atoms. The van der Waals surface area contributed by atoms with Crippen LogP contribution < -0.4 is 10.6 Å². The minimum atomic E-state index is -0.627. The SMILES string of the molecule is CC1(C)CC[C@]2(CC(=O)O)CC[C@]3(C)C(=CC[C@@H]4[C@@]5(C)CCC(NC(=O)CCCCC(=O)NC6CC[C@]7(C)[C@H]8CC=C9[C@@H]%10CC(C)(C)CC[C@]%10(CC(=O)O)CC[C@@]9(C)[C@]8(C)CC[C@H]7C6(C)C)C(C)(C)[C@@H]5CC[C@]43C)[C@@H]2C1. The molecular formula is C68H108N2O6. The van der Waals surface area contributed by atoms with E-state index >= 15 is 0 Å². The Bertz CT molecular complexity index is 2250. The Kier molecular flexibility index (Phi) is 13.7. The summed E-state index contributed by atoms with van der Waals surface area (Å²) in [6.07, 6.45) is 30.1. The molecule has 8 nitrogen and oxygen atoms in total. The number of rotatable bonds is 11. The molecule has 8 saturated carbocycles. The number of amides is 2. The average Bonchev–Trinajstić information content (AvgIpc) is 3.52. The highest BCUT2D eigenvalue weighted by Gasteiger charge is 2.71. The molecule has 0 aromatic carbocycles. The summed E-state index contributed by atoms with van der Waals surface area (Å²) in [5.74, 6) is 1.85. The van der Waals surface area contributed by atoms with Crippen molar-refractivity contribution in [1.82, 2.24) is 10.6 Å². The lowest BCUT2D eigenvalue weighted by Crippen LogP contribution is -2.66. The van der Waals surface area contributed by atoms with Crippen molar-refractivity contribution in [3.05, 3.63) is 23.3 Å². The zero-order valence-electron chi connectivity index (χ0n) is 50.7. The van der Waals surface area contributed by atoms with Crippen LogP contribution in [0.3, 0.4) is 0 Å². The minimum Gasteiger partial charge on any atom is -0.481 e. The molecule has 2 unspecified atom stereocenters. The molecular weight excluding hydrogens is 941 g/mol. The minimum absolute atomic E-state index is 0.0432. The number of aliphatic carboxylic acids is 2. The number of allylic oxidation sites excluding steroid dienone is 4. The van der Waals surface area contributed by atoms with E-state index in [9.17, 15) is 29.4 Å². The highest BCUT2D eigenvalue weighted by Crippen LogP contribution is 2.78. The Morgan fingerprint density at radius 1 is 0.461 bits per heavy atom. The van der Waals surface area contributed by atoms with E-state index in [-0.39, 0.29) is 88.9 Å². The van der Waals surface area contributed by atoms with Crippen LogP contribution in [0.2, 0.25) is 0 Å². The fourth-order valence-corrected chi connectivity index (χ4v) is 23.6. The molecule has 16 atom stereocenters. The number of hydrogen-bond acceptors (Lipinski definition) is 4. The van der Waals surface area contributed by atoms with E-state index in [1.165, 1.54) is 25.7 Å². The second-order valence-corrected chi connectivity index (χ2v) is 33.5. The van der Waals surface area contributed by atoms with Gasteiger partial charge in [0.1, 0.15) is 0 Å². The van der Waals surface area contributed by atoms with Crippen molar-refractivity contribution in [1.29, 1.82) is 0 Å². The maximum atomic E-state index is 13.9. The number of fused-ring (bicyclic) bond motifs is 14. The zero-order valence-corrected chi connectivity index (χ0v) is 50.7. The van der Waals surface area contributed by atoms with E-state index in [1.807, 2.05) is 0 Å². The highest BCUT2D eigenvalue weighted by atomic mass is 16.4. The summed E-state index contributed by atoms with van der Waals surface area (Å²) >= 11 is 0. The van der Waals surface area contributed by atoms with Gasteiger partial charge in [0.2, 0.25) is 11.8 Å². The van der Waals surface area contributed by atoms with Gasteiger partial charge in [0.15, 0.2) is 0 Å². The van der Waals surface area contributed by atoms with Crippen LogP contribution >= 0.6 is 0 Å². The van der Waals surface area contributed by atoms with Gasteiger partial charge in [0, 0.05) is 24.9 Å². The van der Waals surface area contributed by atoms with Crippen LogP contribution in [0.5, 0.6) is 0 Å². The van der Waals surface area contributed by atoms with Gasteiger partial charge in [-0.1, -0.05) is 120 Å². The Labute approximate surface area is 461 Å². The van der Waals surface area contributed by atoms with E-state index in [2.05, 4.69) is 120 Å². The topological polar surface area (TPSA) is 133 Å². The van der Waals surface area contributed by atoms with Crippen molar-refractivity contribution in [3.8, 4) is 0 Å². The summed E-state index contributed by atoms with van der Waals surface area (Å²) < 4.78 is 0. The number of carbonyl (C=O) groups is 4. The van der Waals surface area contributed by atoms with Crippen LogP contribution in [-0.2, 0) is 19.2 Å². The van der Waals surface area contributed by atoms with Crippen LogP contribution in [-0.4, -0.2) is 46.0 Å². The van der Waals surface area contributed by atoms with Crippen molar-refractivity contribution in [3.63, 3.8) is 0 Å². The van der Waals surface area contributed by atoms with E-state index in [0.717, 1.165) is 103 Å². The van der Waals surface area contributed by atoms with Crippen LogP contribution in [0.25, 0.3) is 0 Å². The maximum Gasteiger partial charge on any atom is 0.303 e. The van der Waals surface area contributed by atoms with Crippen LogP contribution in [0.1, 0.15) is 264 Å². The van der Waals surface area contributed by atoms with Gasteiger partial charge in [0.25, 0.3) is 0 Å². The molecule has 8 fully saturated rings. The molecule has 0 aliphatic heterocycles. The summed E-state index contributed by atoms with van der Waals surface area (Å²) in [6.45, 7) is 35.1. The van der Waals surface area contributed by atoms with Gasteiger partial charge in [-0.15, -0.1) is 0 Å². The third-order valence-corrected chi connectivity index (χ3v) is 28.4. The van der Waals surface area contributed by atoms with Crippen molar-refractivity contribution in [2.24, 2.45) is 100 Å². The lowest BCUT2D eigenvalue weighted by atomic mass is 9.33. The molecule has 4 N–H and O–H groups in total. The van der Waals surface area contributed by atoms with Crippen molar-refractivity contribution in [2.75, 3.05) is 0 Å². The van der Waals surface area contributed by atoms with Gasteiger partial charge in [-0.05, 0) is 242 Å². The van der Waals surface area contributed by atoms with Crippen LogP contribution in [0.4, 0.5) is 0 Å². The fourth-order valence-electron chi connectivity index (χ4n) is 23.6. The Morgan fingerprint density at radius 3 is 1.17 bits per heavy atom. The van der Waals surface area contributed by atoms with E-state index in [0.29, 0.717) is 74.0 Å². The molecule has 0 saturated heterocycles. The first kappa shape index (κ1) is 56.6. The third-order valence-electron chi connectivity index (χ3n) is 28.4. The standard InChI is InChI=1S/C68H108N2O6/c1-57(2)31-35-67(41-55(73)74)37-33-63(11)43(45(67)39-57)19-21-49-61(9)27-25-51(59(5,6)47(61)23-29-65(49,63)13)69-53(71)17-15-16-18-54(72)70-52-26-28-62(10)48(60(52,7)8)24-30-66(14)50(62)22-20-44-46-40-58(3,4)32-36-68(46,42-56(75)76)38-34-64(44,66)12/h19-20,45-52H,15-18,21-42H2,1-14H3,(H,69,71)(H,70,72)(H,73,74)(H,75,76)/t45-,46-,47-,48-,49+,50+,51?,52?,61-,62-,63+,64+,65+,66+,67+,68+/m0/s1. The zero-order chi connectivity index (χ0) is 55.3. The average molecular weight is 1050 g/mol. The van der Waals surface area contributed by atoms with Crippen LogP contribution in [0.15, 0.2) is 23.3 Å². The normalized spacial score (nSPS) is 47.1. The first-order chi connectivity index (χ1) is 35.2. The fraction of sp³-hybridized carbons (Fsp3) is 0.882.